The van der Waals surface area contributed by atoms with E-state index in [-0.39, 0.29) is 58.7 Å². The molecule has 2 saturated heterocycles. The van der Waals surface area contributed by atoms with E-state index in [2.05, 4.69) is 10.6 Å². The predicted molar refractivity (Wildman–Crippen MR) is 316 cm³/mol. The third-order valence-electron chi connectivity index (χ3n) is 17.3. The van der Waals surface area contributed by atoms with Crippen LogP contribution in [-0.2, 0) is 33.3 Å². The smallest absolute Gasteiger partial charge is 0.230 e. The predicted octanol–water partition coefficient (Wildman–Crippen LogP) is 9.88. The third kappa shape index (κ3) is 11.7. The van der Waals surface area contributed by atoms with Gasteiger partial charge in [-0.05, 0) is 125 Å². The van der Waals surface area contributed by atoms with Gasteiger partial charge < -0.3 is 58.7 Å². The molecule has 17 nitrogen and oxygen atoms in total. The van der Waals surface area contributed by atoms with Crippen LogP contribution in [0.2, 0.25) is 0 Å². The first-order chi connectivity index (χ1) is 37.7. The van der Waals surface area contributed by atoms with Crippen LogP contribution < -0.4 is 35.7 Å². The maximum atomic E-state index is 15.5. The number of allylic oxidation sites excluding steroid dienone is 1. The van der Waals surface area contributed by atoms with Gasteiger partial charge in [0.05, 0.1) is 79.1 Å². The van der Waals surface area contributed by atoms with Crippen LogP contribution in [0.5, 0.6) is 23.0 Å². The SMILES string of the molecule is COCCC(C)(C)OCC(C)(C)C(=O)N1CCC(CNc2cc(OC)c3c4c(OC)cc(=O)c5c(O)c(NCC6CCN(C(=O)CCC(C)(C)OCC(C)(C)OC)CC6)c6c(c7c(c(OC)c(=O)c2c37)C(C(C)=O)C(C)=C6)c54)CC1. The van der Waals surface area contributed by atoms with Gasteiger partial charge in [-0.2, -0.15) is 0 Å². The minimum Gasteiger partial charge on any atom is -0.505 e. The van der Waals surface area contributed by atoms with Gasteiger partial charge in [0, 0.05) is 122 Å². The third-order valence-corrected chi connectivity index (χ3v) is 17.3. The van der Waals surface area contributed by atoms with Crippen molar-refractivity contribution >= 4 is 78.1 Å². The molecule has 0 aromatic heterocycles. The standard InChI is InChI=1S/C63H86N4O13/c1-35-28-39-46-51-48(56(71)55(39)65-32-38-17-23-66(24-18-38)44(70)16-21-61(5,6)80-34-63(9,10)78-15)41(69)30-43(76-13)50(51)49-42(75-12)29-40(47-53(49)52(46)54(45(35)36(2)68)58(77-14)57(47)72)64-31-37-19-25-67(26-20-37)59(73)60(3,4)33-79-62(7,8)22-27-74-11/h28-30,37-38,45,64-65,71H,16-27,31-34H2,1-15H3. The minimum atomic E-state index is -0.938. The summed E-state index contributed by atoms with van der Waals surface area (Å²) in [5, 5.41) is 23.2. The summed E-state index contributed by atoms with van der Waals surface area (Å²) in [6.45, 7) is 23.5. The zero-order valence-corrected chi connectivity index (χ0v) is 50.0. The molecule has 2 heterocycles. The van der Waals surface area contributed by atoms with Gasteiger partial charge in [0.25, 0.3) is 0 Å². The van der Waals surface area contributed by atoms with Gasteiger partial charge in [0.2, 0.25) is 17.2 Å². The molecule has 3 aliphatic rings. The lowest BCUT2D eigenvalue weighted by molar-refractivity contribution is -0.149. The quantitative estimate of drug-likeness (QED) is 0.0299. The van der Waals surface area contributed by atoms with Crippen LogP contribution in [0.1, 0.15) is 131 Å². The number of Topliss-reactive ketones (excluding diaryl/α,β-unsaturated/α-hetero) is 1. The zero-order chi connectivity index (χ0) is 58.4. The van der Waals surface area contributed by atoms with Crippen LogP contribution in [0.25, 0.3) is 49.2 Å². The number of rotatable bonds is 24. The molecule has 1 unspecified atom stereocenters. The van der Waals surface area contributed by atoms with E-state index in [1.54, 1.807) is 27.4 Å². The van der Waals surface area contributed by atoms with Crippen molar-refractivity contribution < 1.29 is 52.6 Å². The normalized spacial score (nSPS) is 17.0. The van der Waals surface area contributed by atoms with Crippen molar-refractivity contribution in [1.29, 1.82) is 0 Å². The van der Waals surface area contributed by atoms with E-state index in [4.69, 9.17) is 33.2 Å². The van der Waals surface area contributed by atoms with E-state index in [1.807, 2.05) is 78.2 Å². The van der Waals surface area contributed by atoms with Crippen molar-refractivity contribution in [1.82, 2.24) is 9.80 Å². The topological polar surface area (TPSA) is 201 Å². The Morgan fingerprint density at radius 1 is 0.662 bits per heavy atom. The molecule has 5 aromatic rings. The number of hydrogen-bond donors (Lipinski definition) is 3. The van der Waals surface area contributed by atoms with Crippen molar-refractivity contribution in [3.63, 3.8) is 0 Å². The summed E-state index contributed by atoms with van der Waals surface area (Å²) in [5.74, 6) is -0.424. The maximum absolute atomic E-state index is 15.5. The van der Waals surface area contributed by atoms with E-state index >= 15 is 4.79 Å². The Kier molecular flexibility index (Phi) is 17.6. The molecule has 436 valence electrons. The number of nitrogens with zero attached hydrogens (tertiary/aromatic N) is 2. The molecule has 0 saturated carbocycles. The molecule has 0 spiro atoms. The molecule has 1 aliphatic carbocycles. The van der Waals surface area contributed by atoms with Crippen molar-refractivity contribution in [3.8, 4) is 23.0 Å². The molecule has 17 heteroatoms. The highest BCUT2D eigenvalue weighted by Gasteiger charge is 2.40. The van der Waals surface area contributed by atoms with Gasteiger partial charge in [-0.3, -0.25) is 24.0 Å². The number of benzene rings is 5. The Labute approximate surface area is 470 Å². The Morgan fingerprint density at radius 2 is 1.23 bits per heavy atom. The van der Waals surface area contributed by atoms with Crippen LogP contribution >= 0.6 is 0 Å². The summed E-state index contributed by atoms with van der Waals surface area (Å²) in [4.78, 5) is 75.6. The number of likely N-dealkylation sites (tertiary alicyclic amines) is 2. The van der Waals surface area contributed by atoms with E-state index in [1.165, 1.54) is 27.2 Å². The molecule has 0 bridgehead atoms. The number of piperidine rings is 2. The second-order valence-electron chi connectivity index (χ2n) is 25.1. The number of phenols is 1. The van der Waals surface area contributed by atoms with Gasteiger partial charge in [-0.25, -0.2) is 0 Å². The largest absolute Gasteiger partial charge is 0.505 e. The van der Waals surface area contributed by atoms with Crippen LogP contribution in [0.4, 0.5) is 11.4 Å². The molecule has 5 aromatic carbocycles. The van der Waals surface area contributed by atoms with E-state index in [0.717, 1.165) is 12.8 Å². The molecule has 0 radical (unpaired) electrons. The number of anilines is 2. The fourth-order valence-electron chi connectivity index (χ4n) is 12.2. The lowest BCUT2D eigenvalue weighted by Crippen LogP contribution is -2.48. The number of fused-ring (bicyclic) bond motifs is 1. The summed E-state index contributed by atoms with van der Waals surface area (Å²) < 4.78 is 41.7. The number of ketones is 1. The highest BCUT2D eigenvalue weighted by molar-refractivity contribution is 6.40. The average Bonchev–Trinajstić information content (AvgIpc) is 2.31. The summed E-state index contributed by atoms with van der Waals surface area (Å²) in [6, 6.07) is 3.16. The monoisotopic (exact) mass is 1110 g/mol. The fourth-order valence-corrected chi connectivity index (χ4v) is 12.2. The molecule has 2 fully saturated rings. The number of carbonyl (C=O) groups excluding carboxylic acids is 3. The van der Waals surface area contributed by atoms with Crippen molar-refractivity contribution in [2.45, 2.75) is 137 Å². The maximum Gasteiger partial charge on any atom is 0.230 e. The van der Waals surface area contributed by atoms with Crippen LogP contribution in [0.15, 0.2) is 27.3 Å². The van der Waals surface area contributed by atoms with Gasteiger partial charge in [-0.1, -0.05) is 11.6 Å². The molecule has 80 heavy (non-hydrogen) atoms. The Balaban J connectivity index is 1.16. The molecule has 3 N–H and O–H groups in total. The van der Waals surface area contributed by atoms with Crippen molar-refractivity contribution in [2.75, 3.05) is 105 Å². The Morgan fingerprint density at radius 3 is 1.80 bits per heavy atom. The first kappa shape index (κ1) is 60.1. The first-order valence-electron chi connectivity index (χ1n) is 28.4. The number of phenolic OH excluding ortho intramolecular Hbond substituents is 1. The minimum absolute atomic E-state index is 0.00447. The highest BCUT2D eigenvalue weighted by Crippen LogP contribution is 2.57. The van der Waals surface area contributed by atoms with Gasteiger partial charge in [-0.15, -0.1) is 0 Å². The fraction of sp³-hybridized carbons (Fsp3) is 0.603. The number of methoxy groups -OCH3 is 5. The highest BCUT2D eigenvalue weighted by atomic mass is 16.5. The molecular weight excluding hydrogens is 1020 g/mol. The van der Waals surface area contributed by atoms with Crippen LogP contribution in [-0.4, -0.2) is 144 Å². The van der Waals surface area contributed by atoms with Crippen molar-refractivity contribution in [2.24, 2.45) is 17.3 Å². The van der Waals surface area contributed by atoms with Crippen LogP contribution in [0, 0.1) is 17.3 Å². The first-order valence-corrected chi connectivity index (χ1v) is 28.4. The van der Waals surface area contributed by atoms with Crippen molar-refractivity contribution in [3.05, 3.63) is 49.3 Å². The summed E-state index contributed by atoms with van der Waals surface area (Å²) >= 11 is 0. The molecule has 2 aliphatic heterocycles. The van der Waals surface area contributed by atoms with Gasteiger partial charge in [0.15, 0.2) is 16.9 Å². The number of hydrogen-bond acceptors (Lipinski definition) is 15. The zero-order valence-electron chi connectivity index (χ0n) is 50.0. The van der Waals surface area contributed by atoms with Gasteiger partial charge in [0.1, 0.15) is 17.3 Å². The number of amides is 2. The number of aromatic hydroxyl groups is 1. The molecule has 1 atom stereocenters. The molecule has 2 amide bonds. The van der Waals surface area contributed by atoms with E-state index in [9.17, 15) is 24.3 Å². The second-order valence-corrected chi connectivity index (χ2v) is 25.1. The molecular formula is C63H86N4O13. The van der Waals surface area contributed by atoms with E-state index in [0.29, 0.717) is 156 Å². The summed E-state index contributed by atoms with van der Waals surface area (Å²) in [5.41, 5.74) is -0.661. The van der Waals surface area contributed by atoms with Gasteiger partial charge >= 0.3 is 0 Å². The summed E-state index contributed by atoms with van der Waals surface area (Å²) in [6.07, 6.45) is 6.38. The lowest BCUT2D eigenvalue weighted by atomic mass is 9.80. The second kappa shape index (κ2) is 23.5. The average molecular weight is 1110 g/mol. The number of carbonyl (C=O) groups is 3. The van der Waals surface area contributed by atoms with E-state index < -0.39 is 39.0 Å². The van der Waals surface area contributed by atoms with Crippen LogP contribution in [0.3, 0.4) is 0 Å². The summed E-state index contributed by atoms with van der Waals surface area (Å²) in [7, 11) is 7.78. The Hall–Kier alpha value is -6.01. The molecule has 8 rings (SSSR count). The lowest BCUT2D eigenvalue weighted by Gasteiger charge is -2.38. The Bertz CT molecular complexity index is 3290. The number of ether oxygens (including phenoxy) is 7. The number of nitrogens with one attached hydrogen (secondary N) is 2.